The van der Waals surface area contributed by atoms with Gasteiger partial charge in [0.1, 0.15) is 0 Å². The molecule has 0 amide bonds. The standard InChI is InChI=1S/C12H22/c1-6-7-8-9-10-11(2)12(3,4)5/h7-11H,6H2,1-5H3/b8-7+,10-9+. The lowest BCUT2D eigenvalue weighted by atomic mass is 9.82. The molecule has 70 valence electrons. The molecule has 0 fully saturated rings. The lowest BCUT2D eigenvalue weighted by Gasteiger charge is -2.23. The second-order valence-corrected chi connectivity index (χ2v) is 4.38. The Balaban J connectivity index is 3.92. The summed E-state index contributed by atoms with van der Waals surface area (Å²) in [6, 6.07) is 0. The van der Waals surface area contributed by atoms with Crippen molar-refractivity contribution in [2.24, 2.45) is 11.3 Å². The Morgan fingerprint density at radius 3 is 2.17 bits per heavy atom. The Morgan fingerprint density at radius 2 is 1.75 bits per heavy atom. The molecule has 0 nitrogen and oxygen atoms in total. The topological polar surface area (TPSA) is 0 Å². The van der Waals surface area contributed by atoms with Gasteiger partial charge in [-0.1, -0.05) is 58.9 Å². The summed E-state index contributed by atoms with van der Waals surface area (Å²) in [7, 11) is 0. The van der Waals surface area contributed by atoms with Crippen molar-refractivity contribution < 1.29 is 0 Å². The van der Waals surface area contributed by atoms with Gasteiger partial charge in [-0.25, -0.2) is 0 Å². The number of allylic oxidation sites excluding steroid dienone is 4. The van der Waals surface area contributed by atoms with Crippen molar-refractivity contribution in [2.75, 3.05) is 0 Å². The molecule has 12 heavy (non-hydrogen) atoms. The number of hydrogen-bond acceptors (Lipinski definition) is 0. The van der Waals surface area contributed by atoms with Gasteiger partial charge in [-0.2, -0.15) is 0 Å². The van der Waals surface area contributed by atoms with Crippen LogP contribution in [-0.4, -0.2) is 0 Å². The van der Waals surface area contributed by atoms with Crippen molar-refractivity contribution in [1.82, 2.24) is 0 Å². The van der Waals surface area contributed by atoms with Gasteiger partial charge in [0.05, 0.1) is 0 Å². The van der Waals surface area contributed by atoms with E-state index in [2.05, 4.69) is 58.9 Å². The van der Waals surface area contributed by atoms with E-state index in [0.717, 1.165) is 6.42 Å². The molecule has 1 atom stereocenters. The van der Waals surface area contributed by atoms with E-state index < -0.39 is 0 Å². The van der Waals surface area contributed by atoms with Crippen molar-refractivity contribution >= 4 is 0 Å². The molecular weight excluding hydrogens is 144 g/mol. The second kappa shape index (κ2) is 5.18. The van der Waals surface area contributed by atoms with Crippen LogP contribution in [-0.2, 0) is 0 Å². The summed E-state index contributed by atoms with van der Waals surface area (Å²) in [6.07, 6.45) is 9.84. The lowest BCUT2D eigenvalue weighted by molar-refractivity contribution is 0.314. The summed E-state index contributed by atoms with van der Waals surface area (Å²) < 4.78 is 0. The van der Waals surface area contributed by atoms with Crippen LogP contribution < -0.4 is 0 Å². The first-order chi connectivity index (χ1) is 5.48. The zero-order chi connectivity index (χ0) is 9.61. The fourth-order valence-corrected chi connectivity index (χ4v) is 0.734. The summed E-state index contributed by atoms with van der Waals surface area (Å²) in [5.74, 6) is 0.638. The van der Waals surface area contributed by atoms with Crippen LogP contribution in [0.1, 0.15) is 41.0 Å². The minimum atomic E-state index is 0.385. The van der Waals surface area contributed by atoms with Gasteiger partial charge in [-0.3, -0.25) is 0 Å². The molecule has 0 radical (unpaired) electrons. The highest BCUT2D eigenvalue weighted by Gasteiger charge is 2.16. The fraction of sp³-hybridized carbons (Fsp3) is 0.667. The van der Waals surface area contributed by atoms with Gasteiger partial charge in [0.2, 0.25) is 0 Å². The molecule has 0 spiro atoms. The van der Waals surface area contributed by atoms with Crippen LogP contribution in [0.2, 0.25) is 0 Å². The van der Waals surface area contributed by atoms with E-state index in [0.29, 0.717) is 11.3 Å². The maximum Gasteiger partial charge on any atom is -0.0210 e. The second-order valence-electron chi connectivity index (χ2n) is 4.38. The SMILES string of the molecule is CC/C=C/C=C/C(C)C(C)(C)C. The molecule has 0 aliphatic carbocycles. The normalized spacial score (nSPS) is 16.1. The minimum absolute atomic E-state index is 0.385. The monoisotopic (exact) mass is 166 g/mol. The molecule has 0 aliphatic heterocycles. The largest absolute Gasteiger partial charge is 0.0848 e. The summed E-state index contributed by atoms with van der Waals surface area (Å²) >= 11 is 0. The average molecular weight is 166 g/mol. The third-order valence-corrected chi connectivity index (χ3v) is 2.25. The van der Waals surface area contributed by atoms with Crippen LogP contribution in [0, 0.1) is 11.3 Å². The van der Waals surface area contributed by atoms with Crippen molar-refractivity contribution in [2.45, 2.75) is 41.0 Å². The van der Waals surface area contributed by atoms with E-state index in [1.807, 2.05) is 0 Å². The first kappa shape index (κ1) is 11.5. The molecule has 0 aromatic rings. The molecule has 1 unspecified atom stereocenters. The molecule has 0 saturated heterocycles. The minimum Gasteiger partial charge on any atom is -0.0848 e. The van der Waals surface area contributed by atoms with Gasteiger partial charge < -0.3 is 0 Å². The summed E-state index contributed by atoms with van der Waals surface area (Å²) in [4.78, 5) is 0. The lowest BCUT2D eigenvalue weighted by Crippen LogP contribution is -2.14. The van der Waals surface area contributed by atoms with E-state index in [4.69, 9.17) is 0 Å². The maximum absolute atomic E-state index is 2.27. The fourth-order valence-electron chi connectivity index (χ4n) is 0.734. The van der Waals surface area contributed by atoms with E-state index in [-0.39, 0.29) is 0 Å². The quantitative estimate of drug-likeness (QED) is 0.551. The Labute approximate surface area is 77.4 Å². The summed E-state index contributed by atoms with van der Waals surface area (Å²) in [5, 5.41) is 0. The maximum atomic E-state index is 2.27. The van der Waals surface area contributed by atoms with Crippen LogP contribution in [0.4, 0.5) is 0 Å². The Bertz CT molecular complexity index is 155. The first-order valence-electron chi connectivity index (χ1n) is 4.81. The third kappa shape index (κ3) is 5.17. The molecule has 0 saturated carbocycles. The van der Waals surface area contributed by atoms with Gasteiger partial charge in [-0.15, -0.1) is 0 Å². The molecule has 0 rings (SSSR count). The highest BCUT2D eigenvalue weighted by atomic mass is 14.2. The number of rotatable bonds is 3. The van der Waals surface area contributed by atoms with Gasteiger partial charge in [0.15, 0.2) is 0 Å². The zero-order valence-electron chi connectivity index (χ0n) is 9.09. The van der Waals surface area contributed by atoms with Crippen LogP contribution in [0.25, 0.3) is 0 Å². The predicted octanol–water partition coefficient (Wildman–Crippen LogP) is 4.19. The molecule has 0 aliphatic rings. The van der Waals surface area contributed by atoms with Crippen LogP contribution in [0.3, 0.4) is 0 Å². The van der Waals surface area contributed by atoms with Crippen molar-refractivity contribution in [1.29, 1.82) is 0 Å². The molecule has 0 bridgehead atoms. The first-order valence-corrected chi connectivity index (χ1v) is 4.81. The molecule has 0 heterocycles. The van der Waals surface area contributed by atoms with Crippen molar-refractivity contribution in [3.8, 4) is 0 Å². The van der Waals surface area contributed by atoms with E-state index in [1.165, 1.54) is 0 Å². The summed E-state index contributed by atoms with van der Waals surface area (Å²) in [6.45, 7) is 11.2. The molecule has 0 N–H and O–H groups in total. The van der Waals surface area contributed by atoms with Gasteiger partial charge in [-0.05, 0) is 17.8 Å². The molecule has 0 aromatic heterocycles. The van der Waals surface area contributed by atoms with Crippen LogP contribution in [0.5, 0.6) is 0 Å². The van der Waals surface area contributed by atoms with Gasteiger partial charge in [0.25, 0.3) is 0 Å². The molecule has 0 heteroatoms. The Morgan fingerprint density at radius 1 is 1.17 bits per heavy atom. The Hall–Kier alpha value is -0.520. The van der Waals surface area contributed by atoms with Crippen LogP contribution >= 0.6 is 0 Å². The molecule has 0 aromatic carbocycles. The summed E-state index contributed by atoms with van der Waals surface area (Å²) in [5.41, 5.74) is 0.385. The van der Waals surface area contributed by atoms with Gasteiger partial charge in [0, 0.05) is 0 Å². The van der Waals surface area contributed by atoms with Crippen molar-refractivity contribution in [3.63, 3.8) is 0 Å². The molecular formula is C12H22. The number of hydrogen-bond donors (Lipinski definition) is 0. The van der Waals surface area contributed by atoms with Crippen LogP contribution in [0.15, 0.2) is 24.3 Å². The van der Waals surface area contributed by atoms with E-state index in [9.17, 15) is 0 Å². The predicted molar refractivity (Wildman–Crippen MR) is 57.2 cm³/mol. The average Bonchev–Trinajstić information content (AvgIpc) is 1.96. The van der Waals surface area contributed by atoms with E-state index >= 15 is 0 Å². The highest BCUT2D eigenvalue weighted by Crippen LogP contribution is 2.25. The Kier molecular flexibility index (Phi) is 4.96. The van der Waals surface area contributed by atoms with Crippen molar-refractivity contribution in [3.05, 3.63) is 24.3 Å². The third-order valence-electron chi connectivity index (χ3n) is 2.25. The van der Waals surface area contributed by atoms with E-state index in [1.54, 1.807) is 0 Å². The highest BCUT2D eigenvalue weighted by molar-refractivity contribution is 5.04. The zero-order valence-corrected chi connectivity index (χ0v) is 9.09. The van der Waals surface area contributed by atoms with Gasteiger partial charge >= 0.3 is 0 Å². The smallest absolute Gasteiger partial charge is 0.0210 e.